The summed E-state index contributed by atoms with van der Waals surface area (Å²) in [5.41, 5.74) is 0.0448. The molecule has 0 unspecified atom stereocenters. The van der Waals surface area contributed by atoms with Crippen LogP contribution in [0.1, 0.15) is 31.9 Å². The summed E-state index contributed by atoms with van der Waals surface area (Å²) in [5.74, 6) is -1.17. The summed E-state index contributed by atoms with van der Waals surface area (Å²) in [5, 5.41) is 0. The predicted molar refractivity (Wildman–Crippen MR) is 74.3 cm³/mol. The molecule has 0 saturated carbocycles. The molecule has 0 aliphatic carbocycles. The monoisotopic (exact) mass is 288 g/mol. The van der Waals surface area contributed by atoms with Crippen molar-refractivity contribution in [1.29, 1.82) is 0 Å². The van der Waals surface area contributed by atoms with Gasteiger partial charge in [0.1, 0.15) is 11.6 Å². The zero-order valence-corrected chi connectivity index (χ0v) is 14.1. The fourth-order valence-corrected chi connectivity index (χ4v) is 2.15. The normalized spacial score (nSPS) is 11.9. The lowest BCUT2D eigenvalue weighted by Gasteiger charge is -2.23. The molecule has 19 heavy (non-hydrogen) atoms. The van der Waals surface area contributed by atoms with Gasteiger partial charge in [-0.15, -0.1) is 0 Å². The molecule has 0 aromatic heterocycles. The summed E-state index contributed by atoms with van der Waals surface area (Å²) in [6.07, 6.45) is 0. The van der Waals surface area contributed by atoms with E-state index in [4.69, 9.17) is 9.46 Å². The lowest BCUT2D eigenvalue weighted by atomic mass is 9.73. The molecule has 0 atom stereocenters. The maximum Gasteiger partial charge on any atom is 0.524 e. The predicted octanol–water partition coefficient (Wildman–Crippen LogP) is 1.14. The summed E-state index contributed by atoms with van der Waals surface area (Å²) in [6.45, 7) is 6.86. The largest absolute Gasteiger partial charge is 0.524 e. The Labute approximate surface area is 115 Å². The maximum absolute atomic E-state index is 14.4. The molecule has 0 aliphatic heterocycles. The van der Waals surface area contributed by atoms with Crippen molar-refractivity contribution >= 4 is 23.1 Å². The van der Waals surface area contributed by atoms with Gasteiger partial charge < -0.3 is 9.23 Å². The molecule has 0 fully saturated rings. The molecule has 1 aromatic rings. The first kappa shape index (κ1) is 16.3. The van der Waals surface area contributed by atoms with Crippen molar-refractivity contribution in [2.45, 2.75) is 33.1 Å². The molecule has 0 N–H and O–H groups in total. The van der Waals surface area contributed by atoms with Crippen molar-refractivity contribution in [1.82, 2.24) is 0 Å². The van der Waals surface area contributed by atoms with Gasteiger partial charge in [0.05, 0.1) is 0 Å². The van der Waals surface area contributed by atoms with Crippen molar-refractivity contribution in [3.8, 4) is 0 Å². The van der Waals surface area contributed by atoms with Crippen LogP contribution in [0.15, 0.2) is 6.07 Å². The topological polar surface area (TPSA) is 27.7 Å². The number of hydrogen-bond donors (Lipinski definition) is 0. The van der Waals surface area contributed by atoms with E-state index in [1.165, 1.54) is 13.2 Å². The first-order chi connectivity index (χ1) is 8.73. The third kappa shape index (κ3) is 3.42. The SMILES string of the molecule is COB(OO[SiH3])c1cc(F)c(C(C)(C)C)c(F)c1C. The molecule has 0 heterocycles. The molecule has 0 radical (unpaired) electrons. The average molecular weight is 288 g/mol. The summed E-state index contributed by atoms with van der Waals surface area (Å²) < 4.78 is 38.2. The zero-order valence-electron chi connectivity index (χ0n) is 12.1. The average Bonchev–Trinajstić information content (AvgIpc) is 2.29. The van der Waals surface area contributed by atoms with E-state index in [1.54, 1.807) is 27.7 Å². The molecule has 0 aliphatic rings. The minimum atomic E-state index is -0.935. The Kier molecular flexibility index (Phi) is 5.26. The van der Waals surface area contributed by atoms with Crippen LogP contribution in [0.5, 0.6) is 0 Å². The van der Waals surface area contributed by atoms with Crippen LogP contribution < -0.4 is 5.46 Å². The zero-order chi connectivity index (χ0) is 14.8. The minimum Gasteiger partial charge on any atom is -0.409 e. The second-order valence-electron chi connectivity index (χ2n) is 5.34. The van der Waals surface area contributed by atoms with Crippen molar-refractivity contribution in [3.63, 3.8) is 0 Å². The quantitative estimate of drug-likeness (QED) is 0.472. The standard InChI is InChI=1S/C12H19BF2O3Si/c1-7-8(13(16-5)17-18-19)6-9(14)10(11(7)15)12(2,3)4/h6H,1-5,19H3. The van der Waals surface area contributed by atoms with E-state index >= 15 is 0 Å². The molecular formula is C12H19BF2O3Si. The van der Waals surface area contributed by atoms with Crippen LogP contribution in [0, 0.1) is 18.6 Å². The highest BCUT2D eigenvalue weighted by Gasteiger charge is 2.31. The van der Waals surface area contributed by atoms with Crippen LogP contribution >= 0.6 is 0 Å². The Bertz CT molecular complexity index is 463. The van der Waals surface area contributed by atoms with Gasteiger partial charge in [0, 0.05) is 12.7 Å². The lowest BCUT2D eigenvalue weighted by Crippen LogP contribution is -2.39. The lowest BCUT2D eigenvalue weighted by molar-refractivity contribution is -0.113. The summed E-state index contributed by atoms with van der Waals surface area (Å²) in [4.78, 5) is 4.90. The van der Waals surface area contributed by atoms with Crippen LogP contribution in [-0.2, 0) is 19.5 Å². The molecule has 1 aromatic carbocycles. The molecule has 0 spiro atoms. The van der Waals surface area contributed by atoms with Gasteiger partial charge in [0.25, 0.3) is 0 Å². The van der Waals surface area contributed by atoms with Crippen LogP contribution in [-0.4, -0.2) is 24.7 Å². The van der Waals surface area contributed by atoms with Gasteiger partial charge in [-0.05, 0) is 29.4 Å². The Hall–Kier alpha value is -0.758. The number of halogens is 2. The second-order valence-corrected chi connectivity index (χ2v) is 5.68. The highest BCUT2D eigenvalue weighted by Crippen LogP contribution is 2.28. The number of benzene rings is 1. The van der Waals surface area contributed by atoms with Gasteiger partial charge in [0.2, 0.25) is 0 Å². The fourth-order valence-electron chi connectivity index (χ4n) is 1.97. The van der Waals surface area contributed by atoms with Gasteiger partial charge in [-0.2, -0.15) is 0 Å². The van der Waals surface area contributed by atoms with Crippen molar-refractivity contribution in [2.75, 3.05) is 7.11 Å². The van der Waals surface area contributed by atoms with Gasteiger partial charge in [0.15, 0.2) is 10.5 Å². The molecule has 7 heteroatoms. The van der Waals surface area contributed by atoms with E-state index in [0.717, 1.165) is 0 Å². The molecule has 0 bridgehead atoms. The summed E-state index contributed by atoms with van der Waals surface area (Å²) in [7, 11) is 0.790. The van der Waals surface area contributed by atoms with E-state index in [0.29, 0.717) is 21.5 Å². The Balaban J connectivity index is 3.40. The first-order valence-corrected chi connectivity index (χ1v) is 6.77. The highest BCUT2D eigenvalue weighted by atomic mass is 28.2. The first-order valence-electron chi connectivity index (χ1n) is 5.95. The molecule has 0 saturated heterocycles. The van der Waals surface area contributed by atoms with E-state index in [-0.39, 0.29) is 5.56 Å². The van der Waals surface area contributed by atoms with Gasteiger partial charge in [-0.3, -0.25) is 4.81 Å². The highest BCUT2D eigenvalue weighted by molar-refractivity contribution is 6.61. The van der Waals surface area contributed by atoms with Crippen molar-refractivity contribution in [2.24, 2.45) is 0 Å². The van der Waals surface area contributed by atoms with E-state index in [2.05, 4.69) is 4.58 Å². The third-order valence-corrected chi connectivity index (χ3v) is 3.10. The smallest absolute Gasteiger partial charge is 0.409 e. The maximum atomic E-state index is 14.4. The van der Waals surface area contributed by atoms with Crippen LogP contribution in [0.25, 0.3) is 0 Å². The van der Waals surface area contributed by atoms with E-state index in [1.807, 2.05) is 0 Å². The van der Waals surface area contributed by atoms with Gasteiger partial charge >= 0.3 is 7.12 Å². The van der Waals surface area contributed by atoms with Crippen molar-refractivity contribution in [3.05, 3.63) is 28.8 Å². The third-order valence-electron chi connectivity index (χ3n) is 2.90. The Morgan fingerprint density at radius 1 is 1.26 bits per heavy atom. The van der Waals surface area contributed by atoms with Crippen LogP contribution in [0.4, 0.5) is 8.78 Å². The van der Waals surface area contributed by atoms with E-state index < -0.39 is 24.2 Å². The Morgan fingerprint density at radius 3 is 2.26 bits per heavy atom. The molecular weight excluding hydrogens is 269 g/mol. The van der Waals surface area contributed by atoms with Crippen LogP contribution in [0.3, 0.4) is 0 Å². The minimum absolute atomic E-state index is 0.0652. The fraction of sp³-hybridized carbons (Fsp3) is 0.500. The molecule has 0 amide bonds. The molecule has 1 rings (SSSR count). The number of rotatable bonds is 4. The molecule has 106 valence electrons. The van der Waals surface area contributed by atoms with Gasteiger partial charge in [-0.1, -0.05) is 20.8 Å². The second kappa shape index (κ2) is 6.13. The summed E-state index contributed by atoms with van der Waals surface area (Å²) >= 11 is 0. The summed E-state index contributed by atoms with van der Waals surface area (Å²) in [6, 6.07) is 1.24. The number of hydrogen-bond acceptors (Lipinski definition) is 3. The van der Waals surface area contributed by atoms with Gasteiger partial charge in [-0.25, -0.2) is 8.78 Å². The van der Waals surface area contributed by atoms with Crippen LogP contribution in [0.2, 0.25) is 0 Å². The Morgan fingerprint density at radius 2 is 1.84 bits per heavy atom. The van der Waals surface area contributed by atoms with E-state index in [9.17, 15) is 8.78 Å². The van der Waals surface area contributed by atoms with Crippen molar-refractivity contribution < 1.29 is 22.8 Å². The molecule has 3 nitrogen and oxygen atoms in total.